The fourth-order valence-electron chi connectivity index (χ4n) is 2.42. The number of hydrogen-bond donors (Lipinski definition) is 1. The lowest BCUT2D eigenvalue weighted by Crippen LogP contribution is -2.30. The molecule has 3 aromatic rings. The molecule has 132 valence electrons. The van der Waals surface area contributed by atoms with Gasteiger partial charge in [-0.2, -0.15) is 0 Å². The van der Waals surface area contributed by atoms with Crippen molar-refractivity contribution in [3.05, 3.63) is 76.5 Å². The van der Waals surface area contributed by atoms with E-state index in [4.69, 9.17) is 23.2 Å². The molecule has 5 nitrogen and oxygen atoms in total. The molecule has 0 bridgehead atoms. The molecular weight excluding hydrogens is 371 g/mol. The summed E-state index contributed by atoms with van der Waals surface area (Å²) < 4.78 is 0. The van der Waals surface area contributed by atoms with Crippen LogP contribution < -0.4 is 10.2 Å². The summed E-state index contributed by atoms with van der Waals surface area (Å²) in [7, 11) is 0. The van der Waals surface area contributed by atoms with Gasteiger partial charge in [-0.05, 0) is 37.3 Å². The van der Waals surface area contributed by atoms with E-state index < -0.39 is 0 Å². The number of aromatic nitrogens is 2. The second-order valence-corrected chi connectivity index (χ2v) is 6.27. The van der Waals surface area contributed by atoms with Crippen LogP contribution in [0.15, 0.2) is 60.9 Å². The number of anilines is 3. The molecule has 0 aliphatic carbocycles. The number of hydrogen-bond acceptors (Lipinski definition) is 4. The fraction of sp³-hybridized carbons (Fsp3) is 0.105. The molecule has 7 heteroatoms. The van der Waals surface area contributed by atoms with E-state index in [-0.39, 0.29) is 5.91 Å². The van der Waals surface area contributed by atoms with Crippen molar-refractivity contribution in [2.24, 2.45) is 0 Å². The largest absolute Gasteiger partial charge is 0.323 e. The molecule has 0 saturated heterocycles. The number of amides is 1. The highest BCUT2D eigenvalue weighted by molar-refractivity contribution is 6.35. The molecule has 0 saturated carbocycles. The SMILES string of the molecule is CCN(C(=O)c1cnc(Nc2cc(Cl)ccc2Cl)nc1)c1ccccc1. The third-order valence-corrected chi connectivity index (χ3v) is 4.27. The number of benzene rings is 2. The topological polar surface area (TPSA) is 58.1 Å². The highest BCUT2D eigenvalue weighted by Crippen LogP contribution is 2.27. The maximum absolute atomic E-state index is 12.7. The fourth-order valence-corrected chi connectivity index (χ4v) is 2.76. The van der Waals surface area contributed by atoms with Crippen molar-refractivity contribution in [3.63, 3.8) is 0 Å². The van der Waals surface area contributed by atoms with E-state index in [2.05, 4.69) is 15.3 Å². The molecule has 1 heterocycles. The molecule has 0 unspecified atom stereocenters. The van der Waals surface area contributed by atoms with E-state index in [1.54, 1.807) is 23.1 Å². The van der Waals surface area contributed by atoms with Crippen LogP contribution in [0.25, 0.3) is 0 Å². The van der Waals surface area contributed by atoms with Crippen molar-refractivity contribution in [2.75, 3.05) is 16.8 Å². The van der Waals surface area contributed by atoms with Gasteiger partial charge in [-0.25, -0.2) is 9.97 Å². The molecule has 3 rings (SSSR count). The Morgan fingerprint density at radius 2 is 1.77 bits per heavy atom. The Morgan fingerprint density at radius 1 is 1.08 bits per heavy atom. The van der Waals surface area contributed by atoms with Gasteiger partial charge < -0.3 is 10.2 Å². The summed E-state index contributed by atoms with van der Waals surface area (Å²) >= 11 is 12.1. The quantitative estimate of drug-likeness (QED) is 0.654. The van der Waals surface area contributed by atoms with Crippen LogP contribution in [0, 0.1) is 0 Å². The molecular formula is C19H16Cl2N4O. The van der Waals surface area contributed by atoms with Crippen molar-refractivity contribution < 1.29 is 4.79 Å². The number of nitrogens with zero attached hydrogens (tertiary/aromatic N) is 3. The van der Waals surface area contributed by atoms with E-state index in [1.165, 1.54) is 12.4 Å². The normalized spacial score (nSPS) is 10.4. The number of carbonyl (C=O) groups is 1. The summed E-state index contributed by atoms with van der Waals surface area (Å²) in [6, 6.07) is 14.5. The average Bonchev–Trinajstić information content (AvgIpc) is 2.67. The zero-order chi connectivity index (χ0) is 18.5. The van der Waals surface area contributed by atoms with Crippen molar-refractivity contribution in [1.29, 1.82) is 0 Å². The first-order valence-corrected chi connectivity index (χ1v) is 8.75. The smallest absolute Gasteiger partial charge is 0.261 e. The molecule has 2 aromatic carbocycles. The summed E-state index contributed by atoms with van der Waals surface area (Å²) in [6.45, 7) is 2.46. The summed E-state index contributed by atoms with van der Waals surface area (Å²) in [5, 5.41) is 4.04. The zero-order valence-corrected chi connectivity index (χ0v) is 15.5. The average molecular weight is 387 g/mol. The summed E-state index contributed by atoms with van der Waals surface area (Å²) in [5.74, 6) is 0.166. The van der Waals surface area contributed by atoms with Crippen molar-refractivity contribution in [2.45, 2.75) is 6.92 Å². The van der Waals surface area contributed by atoms with Crippen LogP contribution in [0.2, 0.25) is 10.0 Å². The Hall–Kier alpha value is -2.63. The lowest BCUT2D eigenvalue weighted by atomic mass is 10.2. The predicted molar refractivity (Wildman–Crippen MR) is 106 cm³/mol. The van der Waals surface area contributed by atoms with E-state index >= 15 is 0 Å². The second-order valence-electron chi connectivity index (χ2n) is 5.43. The first-order valence-electron chi connectivity index (χ1n) is 7.99. The van der Waals surface area contributed by atoms with Crippen LogP contribution in [0.5, 0.6) is 0 Å². The zero-order valence-electron chi connectivity index (χ0n) is 14.0. The van der Waals surface area contributed by atoms with Gasteiger partial charge in [-0.3, -0.25) is 4.79 Å². The summed E-state index contributed by atoms with van der Waals surface area (Å²) in [4.78, 5) is 22.8. The number of carbonyl (C=O) groups excluding carboxylic acids is 1. The number of halogens is 2. The Morgan fingerprint density at radius 3 is 2.42 bits per heavy atom. The molecule has 1 amide bonds. The standard InChI is InChI=1S/C19H16Cl2N4O/c1-2-25(15-6-4-3-5-7-15)18(26)13-11-22-19(23-12-13)24-17-10-14(20)8-9-16(17)21/h3-12H,2H2,1H3,(H,22,23,24). The van der Waals surface area contributed by atoms with Gasteiger partial charge in [0.05, 0.1) is 16.3 Å². The minimum absolute atomic E-state index is 0.161. The molecule has 0 aliphatic heterocycles. The minimum atomic E-state index is -0.161. The lowest BCUT2D eigenvalue weighted by Gasteiger charge is -2.20. The first kappa shape index (κ1) is 18.2. The molecule has 0 radical (unpaired) electrons. The Bertz CT molecular complexity index is 901. The van der Waals surface area contributed by atoms with Gasteiger partial charge in [0.15, 0.2) is 0 Å². The van der Waals surface area contributed by atoms with Crippen LogP contribution in [-0.2, 0) is 0 Å². The van der Waals surface area contributed by atoms with Crippen LogP contribution in [0.1, 0.15) is 17.3 Å². The van der Waals surface area contributed by atoms with Crippen LogP contribution in [0.3, 0.4) is 0 Å². The van der Waals surface area contributed by atoms with E-state index in [0.717, 1.165) is 5.69 Å². The molecule has 0 aliphatic rings. The summed E-state index contributed by atoms with van der Waals surface area (Å²) in [5.41, 5.74) is 1.82. The first-order chi connectivity index (χ1) is 12.6. The van der Waals surface area contributed by atoms with Gasteiger partial charge in [0.1, 0.15) is 0 Å². The van der Waals surface area contributed by atoms with Crippen molar-refractivity contribution >= 4 is 46.4 Å². The molecule has 0 fully saturated rings. The number of nitrogens with one attached hydrogen (secondary N) is 1. The van der Waals surface area contributed by atoms with Gasteiger partial charge in [0.2, 0.25) is 5.95 Å². The third kappa shape index (κ3) is 4.12. The highest BCUT2D eigenvalue weighted by Gasteiger charge is 2.17. The Kier molecular flexibility index (Phi) is 5.71. The Labute approximate surface area is 161 Å². The maximum atomic E-state index is 12.7. The highest BCUT2D eigenvalue weighted by atomic mass is 35.5. The second kappa shape index (κ2) is 8.17. The van der Waals surface area contributed by atoms with E-state index in [0.29, 0.717) is 33.8 Å². The van der Waals surface area contributed by atoms with Crippen molar-refractivity contribution in [3.8, 4) is 0 Å². The number of rotatable bonds is 5. The predicted octanol–water partition coefficient (Wildman–Crippen LogP) is 5.19. The van der Waals surface area contributed by atoms with Crippen LogP contribution in [0.4, 0.5) is 17.3 Å². The summed E-state index contributed by atoms with van der Waals surface area (Å²) in [6.07, 6.45) is 2.98. The van der Waals surface area contributed by atoms with E-state index in [9.17, 15) is 4.79 Å². The Balaban J connectivity index is 1.78. The van der Waals surface area contributed by atoms with Gasteiger partial charge in [0, 0.05) is 29.6 Å². The monoisotopic (exact) mass is 386 g/mol. The molecule has 1 N–H and O–H groups in total. The van der Waals surface area contributed by atoms with Crippen LogP contribution in [-0.4, -0.2) is 22.4 Å². The van der Waals surface area contributed by atoms with E-state index in [1.807, 2.05) is 37.3 Å². The van der Waals surface area contributed by atoms with Crippen LogP contribution >= 0.6 is 23.2 Å². The third-order valence-electron chi connectivity index (χ3n) is 3.70. The van der Waals surface area contributed by atoms with Crippen molar-refractivity contribution in [1.82, 2.24) is 9.97 Å². The molecule has 1 aromatic heterocycles. The van der Waals surface area contributed by atoms with Gasteiger partial charge in [0.25, 0.3) is 5.91 Å². The molecule has 0 atom stereocenters. The lowest BCUT2D eigenvalue weighted by molar-refractivity contribution is 0.0987. The number of para-hydroxylation sites is 1. The maximum Gasteiger partial charge on any atom is 0.261 e. The van der Waals surface area contributed by atoms with Gasteiger partial charge >= 0.3 is 0 Å². The minimum Gasteiger partial charge on any atom is -0.323 e. The van der Waals surface area contributed by atoms with Gasteiger partial charge in [-0.1, -0.05) is 41.4 Å². The molecule has 0 spiro atoms. The van der Waals surface area contributed by atoms with Gasteiger partial charge in [-0.15, -0.1) is 0 Å². The molecule has 26 heavy (non-hydrogen) atoms.